The molecule has 1 N–H and O–H groups in total. The lowest BCUT2D eigenvalue weighted by Gasteiger charge is -2.30. The van der Waals surface area contributed by atoms with E-state index in [-0.39, 0.29) is 10.5 Å². The average Bonchev–Trinajstić information content (AvgIpc) is 2.84. The largest absolute Gasteiger partial charge is 0.497 e. The van der Waals surface area contributed by atoms with Crippen LogP contribution in [0.1, 0.15) is 24.2 Å². The molecule has 0 saturated carbocycles. The summed E-state index contributed by atoms with van der Waals surface area (Å²) in [6, 6.07) is 9.75. The zero-order valence-electron chi connectivity index (χ0n) is 19.5. The number of hydrogen-bond acceptors (Lipinski definition) is 7. The molecule has 0 unspecified atom stereocenters. The zero-order valence-corrected chi connectivity index (χ0v) is 20.3. The first-order valence-electron chi connectivity index (χ1n) is 10.8. The fraction of sp³-hybridized carbons (Fsp3) is 0.435. The van der Waals surface area contributed by atoms with Crippen molar-refractivity contribution in [2.24, 2.45) is 0 Å². The second-order valence-electron chi connectivity index (χ2n) is 7.42. The van der Waals surface area contributed by atoms with Crippen molar-refractivity contribution in [3.05, 3.63) is 42.0 Å². The van der Waals surface area contributed by atoms with Crippen LogP contribution >= 0.6 is 0 Å². The van der Waals surface area contributed by atoms with Gasteiger partial charge in [-0.3, -0.25) is 4.79 Å². The van der Waals surface area contributed by atoms with Gasteiger partial charge in [0.15, 0.2) is 0 Å². The Bertz CT molecular complexity index is 1060. The molecule has 0 aliphatic carbocycles. The van der Waals surface area contributed by atoms with Crippen molar-refractivity contribution in [3.8, 4) is 11.5 Å². The van der Waals surface area contributed by atoms with Crippen molar-refractivity contribution < 1.29 is 27.4 Å². The van der Waals surface area contributed by atoms with E-state index in [1.807, 2.05) is 4.90 Å². The number of methoxy groups -OCH3 is 2. The van der Waals surface area contributed by atoms with Crippen LogP contribution in [-0.2, 0) is 14.8 Å². The van der Waals surface area contributed by atoms with E-state index in [0.29, 0.717) is 62.3 Å². The maximum absolute atomic E-state index is 13.4. The van der Waals surface area contributed by atoms with Gasteiger partial charge in [-0.05, 0) is 18.2 Å². The molecule has 1 fully saturated rings. The summed E-state index contributed by atoms with van der Waals surface area (Å²) < 4.78 is 43.6. The number of nitrogens with zero attached hydrogens (tertiary/aromatic N) is 2. The summed E-state index contributed by atoms with van der Waals surface area (Å²) >= 11 is 0. The highest BCUT2D eigenvalue weighted by Gasteiger charge is 2.26. The number of rotatable bonds is 9. The molecule has 1 heterocycles. The molecule has 180 valence electrons. The van der Waals surface area contributed by atoms with E-state index in [2.05, 4.69) is 5.32 Å². The van der Waals surface area contributed by atoms with Crippen molar-refractivity contribution in [2.45, 2.75) is 18.7 Å². The fourth-order valence-electron chi connectivity index (χ4n) is 3.73. The zero-order chi connectivity index (χ0) is 24.0. The second-order valence-corrected chi connectivity index (χ2v) is 9.36. The number of sulfonamides is 1. The summed E-state index contributed by atoms with van der Waals surface area (Å²) in [6.45, 7) is 6.54. The number of carbonyl (C=O) groups is 1. The topological polar surface area (TPSA) is 97.4 Å². The number of ether oxygens (including phenoxy) is 3. The summed E-state index contributed by atoms with van der Waals surface area (Å²) in [5.41, 5.74) is 1.40. The lowest BCUT2D eigenvalue weighted by molar-refractivity contribution is 0.102. The van der Waals surface area contributed by atoms with Crippen molar-refractivity contribution in [3.63, 3.8) is 0 Å². The summed E-state index contributed by atoms with van der Waals surface area (Å²) in [4.78, 5) is 15.5. The second kappa shape index (κ2) is 10.9. The van der Waals surface area contributed by atoms with Gasteiger partial charge in [-0.25, -0.2) is 8.42 Å². The number of carbonyl (C=O) groups excluding carboxylic acids is 1. The lowest BCUT2D eigenvalue weighted by atomic mass is 10.1. The highest BCUT2D eigenvalue weighted by atomic mass is 32.2. The van der Waals surface area contributed by atoms with Crippen LogP contribution in [0.15, 0.2) is 41.3 Å². The van der Waals surface area contributed by atoms with E-state index < -0.39 is 15.9 Å². The van der Waals surface area contributed by atoms with Gasteiger partial charge in [0.2, 0.25) is 10.0 Å². The molecule has 2 aromatic carbocycles. The molecule has 0 atom stereocenters. The minimum atomic E-state index is -3.73. The third-order valence-corrected chi connectivity index (χ3v) is 7.56. The van der Waals surface area contributed by atoms with E-state index in [1.165, 1.54) is 24.6 Å². The smallest absolute Gasteiger partial charge is 0.257 e. The SMILES string of the molecule is CCN(CC)S(=O)(=O)c1ccc(N2CCOCC2)c(C(=O)Nc2cc(OC)cc(OC)c2)c1. The number of morpholine rings is 1. The molecular formula is C23H31N3O6S. The van der Waals surface area contributed by atoms with Crippen LogP contribution in [0.2, 0.25) is 0 Å². The van der Waals surface area contributed by atoms with Crippen molar-refractivity contribution in [2.75, 3.05) is 63.8 Å². The van der Waals surface area contributed by atoms with Gasteiger partial charge in [-0.2, -0.15) is 4.31 Å². The van der Waals surface area contributed by atoms with Gasteiger partial charge in [0.25, 0.3) is 5.91 Å². The first kappa shape index (κ1) is 24.8. The Balaban J connectivity index is 2.04. The third kappa shape index (κ3) is 5.58. The maximum atomic E-state index is 13.4. The molecule has 1 saturated heterocycles. The van der Waals surface area contributed by atoms with Gasteiger partial charge in [0.1, 0.15) is 11.5 Å². The van der Waals surface area contributed by atoms with Crippen LogP contribution in [0.4, 0.5) is 11.4 Å². The molecule has 2 aromatic rings. The minimum Gasteiger partial charge on any atom is -0.497 e. The Hall–Kier alpha value is -2.82. The number of hydrogen-bond donors (Lipinski definition) is 1. The number of amides is 1. The fourth-order valence-corrected chi connectivity index (χ4v) is 5.21. The van der Waals surface area contributed by atoms with Crippen LogP contribution in [-0.4, -0.2) is 72.2 Å². The van der Waals surface area contributed by atoms with Gasteiger partial charge in [-0.15, -0.1) is 0 Å². The summed E-state index contributed by atoms with van der Waals surface area (Å²) in [6.07, 6.45) is 0. The van der Waals surface area contributed by atoms with Crippen molar-refractivity contribution in [1.29, 1.82) is 0 Å². The molecule has 1 aliphatic heterocycles. The molecule has 1 aliphatic rings. The van der Waals surface area contributed by atoms with E-state index >= 15 is 0 Å². The monoisotopic (exact) mass is 477 g/mol. The Morgan fingerprint density at radius 3 is 2.18 bits per heavy atom. The summed E-state index contributed by atoms with van der Waals surface area (Å²) in [7, 11) is -0.676. The van der Waals surface area contributed by atoms with Crippen LogP contribution in [0.25, 0.3) is 0 Å². The Morgan fingerprint density at radius 2 is 1.64 bits per heavy atom. The lowest BCUT2D eigenvalue weighted by Crippen LogP contribution is -2.37. The Morgan fingerprint density at radius 1 is 1.03 bits per heavy atom. The average molecular weight is 478 g/mol. The van der Waals surface area contributed by atoms with Crippen LogP contribution in [0, 0.1) is 0 Å². The molecule has 1 amide bonds. The first-order valence-corrected chi connectivity index (χ1v) is 12.3. The van der Waals surface area contributed by atoms with E-state index in [1.54, 1.807) is 44.2 Å². The van der Waals surface area contributed by atoms with Crippen LogP contribution < -0.4 is 19.7 Å². The van der Waals surface area contributed by atoms with Gasteiger partial charge >= 0.3 is 0 Å². The minimum absolute atomic E-state index is 0.0802. The number of benzene rings is 2. The quantitative estimate of drug-likeness (QED) is 0.593. The van der Waals surface area contributed by atoms with Crippen LogP contribution in [0.3, 0.4) is 0 Å². The van der Waals surface area contributed by atoms with E-state index in [0.717, 1.165) is 0 Å². The molecule has 9 nitrogen and oxygen atoms in total. The standard InChI is InChI=1S/C23H31N3O6S/c1-5-26(6-2)33(28,29)20-7-8-22(25-9-11-32-12-10-25)21(16-20)23(27)24-17-13-18(30-3)15-19(14-17)31-4/h7-8,13-16H,5-6,9-12H2,1-4H3,(H,24,27). The van der Waals surface area contributed by atoms with Gasteiger partial charge < -0.3 is 24.4 Å². The third-order valence-electron chi connectivity index (χ3n) is 5.52. The molecule has 0 bridgehead atoms. The number of nitrogens with one attached hydrogen (secondary N) is 1. The molecule has 10 heteroatoms. The van der Waals surface area contributed by atoms with E-state index in [4.69, 9.17) is 14.2 Å². The normalized spacial score (nSPS) is 14.3. The Labute approximate surface area is 195 Å². The van der Waals surface area contributed by atoms with Gasteiger partial charge in [-0.1, -0.05) is 13.8 Å². The number of anilines is 2. The van der Waals surface area contributed by atoms with Crippen LogP contribution in [0.5, 0.6) is 11.5 Å². The predicted molar refractivity (Wildman–Crippen MR) is 127 cm³/mol. The summed E-state index contributed by atoms with van der Waals surface area (Å²) in [5.74, 6) is 0.621. The first-order chi connectivity index (χ1) is 15.8. The van der Waals surface area contributed by atoms with Gasteiger partial charge in [0.05, 0.1) is 37.9 Å². The van der Waals surface area contributed by atoms with Gasteiger partial charge in [0, 0.05) is 55.8 Å². The molecule has 0 radical (unpaired) electrons. The van der Waals surface area contributed by atoms with Crippen molar-refractivity contribution >= 4 is 27.3 Å². The molecule has 0 spiro atoms. The summed E-state index contributed by atoms with van der Waals surface area (Å²) in [5, 5.41) is 2.86. The predicted octanol–water partition coefficient (Wildman–Crippen LogP) is 2.82. The molecule has 0 aromatic heterocycles. The van der Waals surface area contributed by atoms with E-state index in [9.17, 15) is 13.2 Å². The molecule has 3 rings (SSSR count). The molecule has 33 heavy (non-hydrogen) atoms. The molecular weight excluding hydrogens is 446 g/mol. The van der Waals surface area contributed by atoms with Crippen molar-refractivity contribution in [1.82, 2.24) is 4.31 Å². The Kier molecular flexibility index (Phi) is 8.17. The maximum Gasteiger partial charge on any atom is 0.257 e. The highest BCUT2D eigenvalue weighted by molar-refractivity contribution is 7.89. The highest BCUT2D eigenvalue weighted by Crippen LogP contribution is 2.30.